The van der Waals surface area contributed by atoms with Gasteiger partial charge in [-0.1, -0.05) is 53.4 Å². The third-order valence-corrected chi connectivity index (χ3v) is 11.1. The Bertz CT molecular complexity index is 701. The lowest BCUT2D eigenvalue weighted by atomic mass is 9.44. The zero-order chi connectivity index (χ0) is 23.1. The molecule has 0 aromatic rings. The highest BCUT2D eigenvalue weighted by Crippen LogP contribution is 2.67. The third kappa shape index (κ3) is 4.31. The lowest BCUT2D eigenvalue weighted by Gasteiger charge is -2.60. The van der Waals surface area contributed by atoms with Crippen molar-refractivity contribution in [1.82, 2.24) is 0 Å². The second-order valence-corrected chi connectivity index (χ2v) is 12.9. The molecular weight excluding hydrogens is 396 g/mol. The first kappa shape index (κ1) is 24.3. The first-order chi connectivity index (χ1) is 15.2. The number of rotatable bonds is 7. The van der Waals surface area contributed by atoms with E-state index in [9.17, 15) is 9.59 Å². The fraction of sp³-hybridized carbons (Fsp3) is 0.931. The number of esters is 1. The van der Waals surface area contributed by atoms with Gasteiger partial charge in [-0.15, -0.1) is 0 Å². The van der Waals surface area contributed by atoms with Crippen LogP contribution in [0.25, 0.3) is 0 Å². The van der Waals surface area contributed by atoms with Crippen LogP contribution in [0.3, 0.4) is 0 Å². The Labute approximate surface area is 196 Å². The summed E-state index contributed by atoms with van der Waals surface area (Å²) in [5.41, 5.74) is 0.726. The van der Waals surface area contributed by atoms with Gasteiger partial charge in [-0.05, 0) is 91.3 Å². The van der Waals surface area contributed by atoms with E-state index in [1.165, 1.54) is 64.7 Å². The summed E-state index contributed by atoms with van der Waals surface area (Å²) in [5, 5.41) is 0. The molecule has 0 N–H and O–H groups in total. The minimum absolute atomic E-state index is 0.166. The Balaban J connectivity index is 1.38. The van der Waals surface area contributed by atoms with Crippen LogP contribution in [-0.2, 0) is 14.3 Å². The molecule has 0 aliphatic heterocycles. The number of ether oxygens (including phenoxy) is 1. The van der Waals surface area contributed by atoms with Crippen LogP contribution in [0.1, 0.15) is 112 Å². The monoisotopic (exact) mass is 444 g/mol. The molecule has 0 spiro atoms. The molecule has 4 saturated carbocycles. The van der Waals surface area contributed by atoms with Crippen molar-refractivity contribution in [1.29, 1.82) is 0 Å². The van der Waals surface area contributed by atoms with E-state index in [1.54, 1.807) is 0 Å². The van der Waals surface area contributed by atoms with Gasteiger partial charge in [0.25, 0.3) is 0 Å². The van der Waals surface area contributed by atoms with Gasteiger partial charge in [0.15, 0.2) is 0 Å². The van der Waals surface area contributed by atoms with E-state index in [1.807, 2.05) is 0 Å². The van der Waals surface area contributed by atoms with Crippen molar-refractivity contribution in [2.75, 3.05) is 6.61 Å². The van der Waals surface area contributed by atoms with Crippen LogP contribution in [0.4, 0.5) is 0 Å². The minimum Gasteiger partial charge on any atom is -0.466 e. The van der Waals surface area contributed by atoms with Crippen LogP contribution in [-0.4, -0.2) is 18.4 Å². The molecule has 4 fully saturated rings. The van der Waals surface area contributed by atoms with Gasteiger partial charge in [0.05, 0.1) is 6.61 Å². The summed E-state index contributed by atoms with van der Waals surface area (Å²) in [6, 6.07) is 0. The topological polar surface area (TPSA) is 43.4 Å². The van der Waals surface area contributed by atoms with Crippen molar-refractivity contribution >= 4 is 11.8 Å². The number of hydrogen-bond acceptors (Lipinski definition) is 3. The average Bonchev–Trinajstić information content (AvgIpc) is 3.09. The van der Waals surface area contributed by atoms with Crippen LogP contribution in [0.15, 0.2) is 0 Å². The number of fused-ring (bicyclic) bond motifs is 5. The van der Waals surface area contributed by atoms with Crippen LogP contribution < -0.4 is 0 Å². The Kier molecular flexibility index (Phi) is 7.14. The van der Waals surface area contributed by atoms with E-state index in [4.69, 9.17) is 4.74 Å². The molecule has 0 amide bonds. The molecule has 182 valence electrons. The lowest BCUT2D eigenvalue weighted by Crippen LogP contribution is -2.56. The Hall–Kier alpha value is -0.860. The second kappa shape index (κ2) is 9.41. The summed E-state index contributed by atoms with van der Waals surface area (Å²) in [4.78, 5) is 24.3. The fourth-order valence-corrected chi connectivity index (χ4v) is 9.40. The Morgan fingerprint density at radius 2 is 1.75 bits per heavy atom. The second-order valence-electron chi connectivity index (χ2n) is 12.9. The van der Waals surface area contributed by atoms with E-state index >= 15 is 0 Å². The number of carbonyl (C=O) groups excluding carboxylic acids is 2. The smallest absolute Gasteiger partial charge is 0.302 e. The van der Waals surface area contributed by atoms with Crippen LogP contribution in [0.2, 0.25) is 0 Å². The van der Waals surface area contributed by atoms with E-state index in [2.05, 4.69) is 27.7 Å². The molecule has 4 aliphatic carbocycles. The zero-order valence-electron chi connectivity index (χ0n) is 21.5. The van der Waals surface area contributed by atoms with Gasteiger partial charge in [-0.3, -0.25) is 9.59 Å². The Morgan fingerprint density at radius 3 is 2.50 bits per heavy atom. The molecule has 0 aromatic heterocycles. The molecule has 4 aliphatic rings. The van der Waals surface area contributed by atoms with E-state index in [0.717, 1.165) is 42.9 Å². The molecule has 0 saturated heterocycles. The van der Waals surface area contributed by atoms with Gasteiger partial charge in [0.2, 0.25) is 0 Å². The fourth-order valence-electron chi connectivity index (χ4n) is 9.40. The zero-order valence-corrected chi connectivity index (χ0v) is 21.5. The summed E-state index contributed by atoms with van der Waals surface area (Å²) in [6.07, 6.45) is 15.1. The van der Waals surface area contributed by atoms with Gasteiger partial charge in [0.1, 0.15) is 5.78 Å². The predicted molar refractivity (Wildman–Crippen MR) is 129 cm³/mol. The molecule has 32 heavy (non-hydrogen) atoms. The third-order valence-electron chi connectivity index (χ3n) is 11.1. The lowest BCUT2D eigenvalue weighted by molar-refractivity contribution is -0.154. The summed E-state index contributed by atoms with van der Waals surface area (Å²) >= 11 is 0. The minimum atomic E-state index is -0.166. The van der Waals surface area contributed by atoms with Crippen LogP contribution >= 0.6 is 0 Å². The van der Waals surface area contributed by atoms with Crippen molar-refractivity contribution in [2.24, 2.45) is 52.3 Å². The maximum Gasteiger partial charge on any atom is 0.302 e. The van der Waals surface area contributed by atoms with Crippen LogP contribution in [0, 0.1) is 52.3 Å². The highest BCUT2D eigenvalue weighted by molar-refractivity contribution is 5.83. The summed E-state index contributed by atoms with van der Waals surface area (Å²) < 4.78 is 5.19. The molecule has 0 radical (unpaired) electrons. The normalized spacial score (nSPS) is 43.0. The van der Waals surface area contributed by atoms with Crippen LogP contribution in [0.5, 0.6) is 0 Å². The summed E-state index contributed by atoms with van der Waals surface area (Å²) in [5.74, 6) is 5.04. The maximum absolute atomic E-state index is 13.3. The van der Waals surface area contributed by atoms with Crippen molar-refractivity contribution < 1.29 is 14.3 Å². The molecule has 0 bridgehead atoms. The van der Waals surface area contributed by atoms with Crippen molar-refractivity contribution in [3.05, 3.63) is 0 Å². The van der Waals surface area contributed by atoms with Gasteiger partial charge in [-0.2, -0.15) is 0 Å². The summed E-state index contributed by atoms with van der Waals surface area (Å²) in [6.45, 7) is 11.8. The molecule has 3 nitrogen and oxygen atoms in total. The molecule has 0 heterocycles. The SMILES string of the molecule is CC(=O)OCC(C)CCC[C@@H](C)[C@H]1CC[C@H]2[C@@H]3CC(=O)C4CCCC[C@]4(C)[C@H]3CC[C@]12C. The molecular formula is C29H48O3. The molecule has 9 atom stereocenters. The van der Waals surface area contributed by atoms with Gasteiger partial charge in [0, 0.05) is 19.3 Å². The highest BCUT2D eigenvalue weighted by atomic mass is 16.5. The quantitative estimate of drug-likeness (QED) is 0.389. The summed E-state index contributed by atoms with van der Waals surface area (Å²) in [7, 11) is 0. The van der Waals surface area contributed by atoms with E-state index in [-0.39, 0.29) is 5.97 Å². The van der Waals surface area contributed by atoms with Gasteiger partial charge < -0.3 is 4.74 Å². The van der Waals surface area contributed by atoms with Gasteiger partial charge >= 0.3 is 5.97 Å². The molecule has 2 unspecified atom stereocenters. The van der Waals surface area contributed by atoms with Crippen molar-refractivity contribution in [3.8, 4) is 0 Å². The van der Waals surface area contributed by atoms with E-state index < -0.39 is 0 Å². The largest absolute Gasteiger partial charge is 0.466 e. The first-order valence-electron chi connectivity index (χ1n) is 13.8. The Morgan fingerprint density at radius 1 is 1.00 bits per heavy atom. The molecule has 0 aromatic carbocycles. The highest BCUT2D eigenvalue weighted by Gasteiger charge is 2.61. The average molecular weight is 445 g/mol. The standard InChI is InChI=1S/C29H48O3/c1-19(18-32-21(3)30)9-8-10-20(2)23-12-13-24-22-17-27(31)26-11-6-7-15-28(26,4)25(22)14-16-29(23,24)5/h19-20,22-26H,6-18H2,1-5H3/t19?,20-,22+,23-,24+,25+,26?,28-,29-/m1/s1. The van der Waals surface area contributed by atoms with Crippen molar-refractivity contribution in [2.45, 2.75) is 112 Å². The number of hydrogen-bond donors (Lipinski definition) is 0. The number of ketones is 1. The van der Waals surface area contributed by atoms with Gasteiger partial charge in [-0.25, -0.2) is 0 Å². The molecule has 4 rings (SSSR count). The number of carbonyl (C=O) groups is 2. The van der Waals surface area contributed by atoms with E-state index in [0.29, 0.717) is 41.0 Å². The maximum atomic E-state index is 13.3. The van der Waals surface area contributed by atoms with Crippen molar-refractivity contribution in [3.63, 3.8) is 0 Å². The number of Topliss-reactive ketones (excluding diaryl/α,β-unsaturated/α-hetero) is 1. The molecule has 3 heteroatoms. The predicted octanol–water partition coefficient (Wildman–Crippen LogP) is 7.22. The first-order valence-corrected chi connectivity index (χ1v) is 13.8.